The molecule has 0 spiro atoms. The molecule has 0 unspecified atom stereocenters. The minimum atomic E-state index is -0.975. The average molecular weight is 414 g/mol. The van der Waals surface area contributed by atoms with Crippen molar-refractivity contribution in [3.05, 3.63) is 35.9 Å². The van der Waals surface area contributed by atoms with Crippen LogP contribution in [0.3, 0.4) is 0 Å². The zero-order chi connectivity index (χ0) is 10.8. The molecule has 0 radical (unpaired) electrons. The van der Waals surface area contributed by atoms with Crippen LogP contribution >= 0.6 is 45.2 Å². The molecule has 0 heterocycles. The van der Waals surface area contributed by atoms with Gasteiger partial charge in [0.25, 0.3) is 0 Å². The summed E-state index contributed by atoms with van der Waals surface area (Å²) in [5.74, 6) is -0.278. The SMILES string of the molecule is CC(=O)C(I)(I)C(=O)c1ccccc1. The Kier molecular flexibility index (Phi) is 4.05. The number of carbonyl (C=O) groups excluding carboxylic acids is 2. The van der Waals surface area contributed by atoms with E-state index in [9.17, 15) is 9.59 Å². The largest absolute Gasteiger partial charge is 0.297 e. The van der Waals surface area contributed by atoms with Crippen LogP contribution in [0.5, 0.6) is 0 Å². The predicted molar refractivity (Wildman–Crippen MR) is 72.2 cm³/mol. The fourth-order valence-corrected chi connectivity index (χ4v) is 1.55. The fourth-order valence-electron chi connectivity index (χ4n) is 0.931. The smallest absolute Gasteiger partial charge is 0.196 e. The third-order valence-corrected chi connectivity index (χ3v) is 4.26. The van der Waals surface area contributed by atoms with Gasteiger partial charge in [-0.05, 0) is 52.1 Å². The monoisotopic (exact) mass is 414 g/mol. The Morgan fingerprint density at radius 3 is 2.07 bits per heavy atom. The highest BCUT2D eigenvalue weighted by atomic mass is 127. The maximum Gasteiger partial charge on any atom is 0.196 e. The molecule has 0 N–H and O–H groups in total. The molecular weight excluding hydrogens is 406 g/mol. The van der Waals surface area contributed by atoms with Crippen molar-refractivity contribution in [1.82, 2.24) is 0 Å². The number of rotatable bonds is 3. The Morgan fingerprint density at radius 2 is 1.64 bits per heavy atom. The second-order valence-electron chi connectivity index (χ2n) is 2.83. The molecule has 0 bridgehead atoms. The quantitative estimate of drug-likeness (QED) is 0.330. The second-order valence-corrected chi connectivity index (χ2v) is 8.13. The third-order valence-electron chi connectivity index (χ3n) is 1.76. The first-order valence-electron chi connectivity index (χ1n) is 3.95. The molecule has 1 aromatic carbocycles. The van der Waals surface area contributed by atoms with Crippen molar-refractivity contribution < 1.29 is 9.59 Å². The molecule has 4 heteroatoms. The van der Waals surface area contributed by atoms with Crippen LogP contribution in [-0.2, 0) is 4.79 Å². The van der Waals surface area contributed by atoms with E-state index >= 15 is 0 Å². The highest BCUT2D eigenvalue weighted by Gasteiger charge is 2.37. The van der Waals surface area contributed by atoms with Gasteiger partial charge in [-0.25, -0.2) is 0 Å². The molecule has 1 aromatic rings. The topological polar surface area (TPSA) is 34.1 Å². The molecule has 0 aliphatic heterocycles. The summed E-state index contributed by atoms with van der Waals surface area (Å²) in [6.07, 6.45) is 0. The van der Waals surface area contributed by atoms with Gasteiger partial charge in [-0.2, -0.15) is 0 Å². The minimum Gasteiger partial charge on any atom is -0.297 e. The van der Waals surface area contributed by atoms with E-state index in [0.29, 0.717) is 5.56 Å². The standard InChI is InChI=1S/C10H8I2O2/c1-7(13)10(11,12)9(14)8-5-3-2-4-6-8/h2-6H,1H3. The van der Waals surface area contributed by atoms with Crippen molar-refractivity contribution in [3.8, 4) is 0 Å². The van der Waals surface area contributed by atoms with Gasteiger partial charge in [-0.3, -0.25) is 9.59 Å². The van der Waals surface area contributed by atoms with Crippen LogP contribution in [0.1, 0.15) is 17.3 Å². The summed E-state index contributed by atoms with van der Waals surface area (Å²) in [5.41, 5.74) is 0.575. The Balaban J connectivity index is 3.03. The van der Waals surface area contributed by atoms with Crippen LogP contribution in [0.25, 0.3) is 0 Å². The van der Waals surface area contributed by atoms with Crippen molar-refractivity contribution in [2.45, 2.75) is 8.35 Å². The lowest BCUT2D eigenvalue weighted by atomic mass is 10.1. The fraction of sp³-hybridized carbons (Fsp3) is 0.200. The van der Waals surface area contributed by atoms with Gasteiger partial charge in [0.2, 0.25) is 0 Å². The lowest BCUT2D eigenvalue weighted by molar-refractivity contribution is -0.115. The summed E-state index contributed by atoms with van der Waals surface area (Å²) in [7, 11) is 0. The molecule has 74 valence electrons. The number of hydrogen-bond acceptors (Lipinski definition) is 2. The number of hydrogen-bond donors (Lipinski definition) is 0. The first kappa shape index (κ1) is 12.1. The van der Waals surface area contributed by atoms with Gasteiger partial charge in [0.1, 0.15) is 0 Å². The van der Waals surface area contributed by atoms with E-state index in [1.54, 1.807) is 24.3 Å². The van der Waals surface area contributed by atoms with Gasteiger partial charge in [-0.1, -0.05) is 30.3 Å². The number of alkyl halides is 2. The molecule has 0 aliphatic rings. The summed E-state index contributed by atoms with van der Waals surface area (Å²) in [4.78, 5) is 23.1. The van der Waals surface area contributed by atoms with Crippen LogP contribution in [0, 0.1) is 0 Å². The van der Waals surface area contributed by atoms with E-state index in [-0.39, 0.29) is 11.6 Å². The number of ketones is 2. The van der Waals surface area contributed by atoms with Gasteiger partial charge in [0.15, 0.2) is 13.0 Å². The molecule has 2 nitrogen and oxygen atoms in total. The number of Topliss-reactive ketones (excluding diaryl/α,β-unsaturated/α-hetero) is 2. The van der Waals surface area contributed by atoms with Crippen LogP contribution in [0.15, 0.2) is 30.3 Å². The molecule has 0 amide bonds. The molecule has 0 fully saturated rings. The second kappa shape index (κ2) is 4.69. The van der Waals surface area contributed by atoms with Crippen molar-refractivity contribution in [1.29, 1.82) is 0 Å². The summed E-state index contributed by atoms with van der Waals surface area (Å²) in [6, 6.07) is 8.86. The van der Waals surface area contributed by atoms with Gasteiger partial charge >= 0.3 is 0 Å². The van der Waals surface area contributed by atoms with Crippen molar-refractivity contribution in [2.24, 2.45) is 0 Å². The molecule has 0 saturated carbocycles. The van der Waals surface area contributed by atoms with Crippen LogP contribution in [-0.4, -0.2) is 13.0 Å². The van der Waals surface area contributed by atoms with E-state index in [4.69, 9.17) is 0 Å². The summed E-state index contributed by atoms with van der Waals surface area (Å²) < 4.78 is -0.975. The van der Waals surface area contributed by atoms with Crippen molar-refractivity contribution >= 4 is 56.7 Å². The Morgan fingerprint density at radius 1 is 1.14 bits per heavy atom. The zero-order valence-corrected chi connectivity index (χ0v) is 11.8. The van der Waals surface area contributed by atoms with Gasteiger partial charge in [-0.15, -0.1) is 0 Å². The number of benzene rings is 1. The Bertz CT molecular complexity index is 358. The predicted octanol–water partition coefficient (Wildman–Crippen LogP) is 3.02. The number of carbonyl (C=O) groups is 2. The van der Waals surface area contributed by atoms with Gasteiger partial charge in [0.05, 0.1) is 0 Å². The van der Waals surface area contributed by atoms with Crippen molar-refractivity contribution in [2.75, 3.05) is 0 Å². The normalized spacial score (nSPS) is 11.1. The molecule has 0 atom stereocenters. The zero-order valence-electron chi connectivity index (χ0n) is 7.46. The summed E-state index contributed by atoms with van der Waals surface area (Å²) >= 11 is 3.77. The van der Waals surface area contributed by atoms with E-state index in [0.717, 1.165) is 0 Å². The molecule has 0 saturated heterocycles. The summed E-state index contributed by atoms with van der Waals surface area (Å²) in [5, 5.41) is 0. The first-order chi connectivity index (χ1) is 6.46. The van der Waals surface area contributed by atoms with Crippen LogP contribution < -0.4 is 0 Å². The third kappa shape index (κ3) is 2.53. The Labute approximate surface area is 110 Å². The summed E-state index contributed by atoms with van der Waals surface area (Å²) in [6.45, 7) is 1.43. The molecule has 1 rings (SSSR count). The maximum absolute atomic E-state index is 11.9. The van der Waals surface area contributed by atoms with Crippen molar-refractivity contribution in [3.63, 3.8) is 0 Å². The molecule has 14 heavy (non-hydrogen) atoms. The van der Waals surface area contributed by atoms with Crippen LogP contribution in [0.2, 0.25) is 0 Å². The van der Waals surface area contributed by atoms with Gasteiger partial charge in [0, 0.05) is 5.56 Å². The molecule has 0 aliphatic carbocycles. The van der Waals surface area contributed by atoms with Gasteiger partial charge < -0.3 is 0 Å². The lowest BCUT2D eigenvalue weighted by Crippen LogP contribution is -2.32. The number of halogens is 2. The van der Waals surface area contributed by atoms with Crippen LogP contribution in [0.4, 0.5) is 0 Å². The maximum atomic E-state index is 11.9. The lowest BCUT2D eigenvalue weighted by Gasteiger charge is -2.15. The highest BCUT2D eigenvalue weighted by Crippen LogP contribution is 2.32. The van der Waals surface area contributed by atoms with E-state index in [1.807, 2.05) is 51.2 Å². The Hall–Kier alpha value is 0.0200. The van der Waals surface area contributed by atoms with E-state index in [1.165, 1.54) is 6.92 Å². The molecule has 0 aromatic heterocycles. The molecular formula is C10H8I2O2. The minimum absolute atomic E-state index is 0.132. The highest BCUT2D eigenvalue weighted by molar-refractivity contribution is 14.2. The first-order valence-corrected chi connectivity index (χ1v) is 6.10. The average Bonchev–Trinajstić information content (AvgIpc) is 2.17. The van der Waals surface area contributed by atoms with E-state index in [2.05, 4.69) is 0 Å². The van der Waals surface area contributed by atoms with E-state index < -0.39 is 1.43 Å².